The first kappa shape index (κ1) is 9.65. The zero-order valence-electron chi connectivity index (χ0n) is 8.71. The normalized spacial score (nSPS) is 14.0. The van der Waals surface area contributed by atoms with Crippen molar-refractivity contribution in [2.45, 2.75) is 0 Å². The summed E-state index contributed by atoms with van der Waals surface area (Å²) < 4.78 is 0. The average molecular weight is 228 g/mol. The lowest BCUT2D eigenvalue weighted by molar-refractivity contribution is -0.118. The number of aromatic nitrogens is 1. The zero-order valence-corrected chi connectivity index (χ0v) is 8.71. The van der Waals surface area contributed by atoms with Crippen LogP contribution in [0.1, 0.15) is 10.4 Å². The summed E-state index contributed by atoms with van der Waals surface area (Å²) in [6.45, 7) is 0. The minimum Gasteiger partial charge on any atom is -0.353 e. The third kappa shape index (κ3) is 1.40. The molecule has 1 aliphatic heterocycles. The number of fused-ring (bicyclic) bond motifs is 1. The van der Waals surface area contributed by atoms with Gasteiger partial charge in [0.05, 0.1) is 11.3 Å². The van der Waals surface area contributed by atoms with Crippen LogP contribution in [0, 0.1) is 0 Å². The molecule has 1 N–H and O–H groups in total. The van der Waals surface area contributed by atoms with Gasteiger partial charge < -0.3 is 9.82 Å². The Morgan fingerprint density at radius 2 is 1.88 bits per heavy atom. The molecule has 2 aromatic rings. The molecule has 84 valence electrons. The summed E-state index contributed by atoms with van der Waals surface area (Å²) in [7, 11) is 0. The molecule has 0 fully saturated rings. The summed E-state index contributed by atoms with van der Waals surface area (Å²) in [5, 5.41) is 1.00. The summed E-state index contributed by atoms with van der Waals surface area (Å²) in [5.74, 6) is -0.823. The van der Waals surface area contributed by atoms with Crippen molar-refractivity contribution in [3.05, 3.63) is 48.2 Å². The van der Waals surface area contributed by atoms with E-state index in [4.69, 9.17) is 4.84 Å². The number of hydroxylamine groups is 1. The van der Waals surface area contributed by atoms with E-state index in [1.807, 2.05) is 0 Å². The number of rotatable bonds is 2. The molecule has 0 spiro atoms. The smallest absolute Gasteiger partial charge is 0.332 e. The van der Waals surface area contributed by atoms with E-state index in [0.717, 1.165) is 5.06 Å². The Hall–Kier alpha value is -2.56. The number of para-hydroxylation sites is 1. The van der Waals surface area contributed by atoms with Gasteiger partial charge in [0.25, 0.3) is 5.78 Å². The predicted octanol–water partition coefficient (Wildman–Crippen LogP) is 1.54. The number of carbonyl (C=O) groups excluding carboxylic acids is 2. The molecule has 1 aliphatic rings. The standard InChI is InChI=1S/C12H8N2O3/c15-11-8-4-1-2-5-9(8)14(12(11)16)17-10-6-3-7-13-10/h1-7,13H. The van der Waals surface area contributed by atoms with Crippen LogP contribution < -0.4 is 9.90 Å². The Morgan fingerprint density at radius 1 is 1.06 bits per heavy atom. The first-order chi connectivity index (χ1) is 8.27. The summed E-state index contributed by atoms with van der Waals surface area (Å²) >= 11 is 0. The highest BCUT2D eigenvalue weighted by Crippen LogP contribution is 2.29. The minimum atomic E-state index is -0.680. The highest BCUT2D eigenvalue weighted by molar-refractivity contribution is 6.51. The van der Waals surface area contributed by atoms with Crippen molar-refractivity contribution in [2.24, 2.45) is 0 Å². The molecule has 0 saturated carbocycles. The van der Waals surface area contributed by atoms with Crippen molar-refractivity contribution < 1.29 is 14.4 Å². The first-order valence-corrected chi connectivity index (χ1v) is 5.06. The minimum absolute atomic E-state index is 0.365. The fourth-order valence-corrected chi connectivity index (χ4v) is 1.72. The Morgan fingerprint density at radius 3 is 2.65 bits per heavy atom. The van der Waals surface area contributed by atoms with E-state index in [1.54, 1.807) is 42.6 Å². The molecule has 0 bridgehead atoms. The number of hydrogen-bond acceptors (Lipinski definition) is 3. The number of ketones is 1. The Labute approximate surface area is 96.6 Å². The lowest BCUT2D eigenvalue weighted by atomic mass is 10.1. The summed E-state index contributed by atoms with van der Waals surface area (Å²) in [5.41, 5.74) is 0.834. The van der Waals surface area contributed by atoms with Gasteiger partial charge in [-0.2, -0.15) is 0 Å². The van der Waals surface area contributed by atoms with Crippen LogP contribution in [-0.2, 0) is 4.79 Å². The van der Waals surface area contributed by atoms with Gasteiger partial charge in [0.1, 0.15) is 0 Å². The maximum atomic E-state index is 11.7. The molecule has 2 heterocycles. The van der Waals surface area contributed by atoms with Crippen molar-refractivity contribution in [3.63, 3.8) is 0 Å². The second-order valence-electron chi connectivity index (χ2n) is 3.57. The molecule has 1 aromatic heterocycles. The van der Waals surface area contributed by atoms with Gasteiger partial charge >= 0.3 is 5.91 Å². The van der Waals surface area contributed by atoms with Gasteiger partial charge in [0, 0.05) is 12.3 Å². The lowest BCUT2D eigenvalue weighted by Gasteiger charge is -2.14. The summed E-state index contributed by atoms with van der Waals surface area (Å²) in [6.07, 6.45) is 1.67. The first-order valence-electron chi connectivity index (χ1n) is 5.06. The zero-order chi connectivity index (χ0) is 11.8. The van der Waals surface area contributed by atoms with E-state index in [2.05, 4.69) is 4.98 Å². The molecule has 0 atom stereocenters. The number of Topliss-reactive ketones (excluding diaryl/α,β-unsaturated/α-hetero) is 1. The van der Waals surface area contributed by atoms with Crippen LogP contribution in [0.5, 0.6) is 5.88 Å². The van der Waals surface area contributed by atoms with E-state index in [9.17, 15) is 9.59 Å². The van der Waals surface area contributed by atoms with Gasteiger partial charge in [-0.15, -0.1) is 5.06 Å². The summed E-state index contributed by atoms with van der Waals surface area (Å²) in [4.78, 5) is 31.5. The van der Waals surface area contributed by atoms with Crippen molar-refractivity contribution >= 4 is 17.4 Å². The number of carbonyl (C=O) groups is 2. The largest absolute Gasteiger partial charge is 0.353 e. The number of amides is 1. The molecular formula is C12H8N2O3. The SMILES string of the molecule is O=C1C(=O)N(Oc2ccc[nH]2)c2ccccc21. The molecule has 5 nitrogen and oxygen atoms in total. The van der Waals surface area contributed by atoms with Gasteiger partial charge in [-0.25, -0.2) is 0 Å². The lowest BCUT2D eigenvalue weighted by Crippen LogP contribution is -2.33. The monoisotopic (exact) mass is 228 g/mol. The van der Waals surface area contributed by atoms with E-state index in [0.29, 0.717) is 17.1 Å². The molecule has 0 radical (unpaired) electrons. The van der Waals surface area contributed by atoms with E-state index in [-0.39, 0.29) is 0 Å². The van der Waals surface area contributed by atoms with Gasteiger partial charge in [-0.1, -0.05) is 12.1 Å². The van der Waals surface area contributed by atoms with Gasteiger partial charge in [-0.3, -0.25) is 9.59 Å². The van der Waals surface area contributed by atoms with Gasteiger partial charge in [0.15, 0.2) is 0 Å². The second-order valence-corrected chi connectivity index (χ2v) is 3.57. The molecule has 1 aromatic carbocycles. The number of nitrogens with zero attached hydrogens (tertiary/aromatic N) is 1. The van der Waals surface area contributed by atoms with Crippen LogP contribution in [0.4, 0.5) is 5.69 Å². The van der Waals surface area contributed by atoms with Crippen molar-refractivity contribution in [3.8, 4) is 5.88 Å². The van der Waals surface area contributed by atoms with E-state index >= 15 is 0 Å². The topological polar surface area (TPSA) is 62.4 Å². The number of nitrogens with one attached hydrogen (secondary N) is 1. The highest BCUT2D eigenvalue weighted by atomic mass is 16.7. The maximum Gasteiger partial charge on any atom is 0.332 e. The number of benzene rings is 1. The molecule has 3 rings (SSSR count). The summed E-state index contributed by atoms with van der Waals surface area (Å²) in [6, 6.07) is 10.1. The third-order valence-corrected chi connectivity index (χ3v) is 2.51. The highest BCUT2D eigenvalue weighted by Gasteiger charge is 2.37. The van der Waals surface area contributed by atoms with Crippen molar-refractivity contribution in [2.75, 3.05) is 5.06 Å². The Kier molecular flexibility index (Phi) is 1.98. The quantitative estimate of drug-likeness (QED) is 0.793. The molecule has 0 unspecified atom stereocenters. The third-order valence-electron chi connectivity index (χ3n) is 2.51. The molecule has 5 heteroatoms. The van der Waals surface area contributed by atoms with Crippen molar-refractivity contribution in [1.29, 1.82) is 0 Å². The second kappa shape index (κ2) is 3.48. The van der Waals surface area contributed by atoms with Crippen LogP contribution in [0.25, 0.3) is 0 Å². The van der Waals surface area contributed by atoms with E-state index in [1.165, 1.54) is 0 Å². The Balaban J connectivity index is 2.01. The number of H-pyrrole nitrogens is 1. The average Bonchev–Trinajstić information content (AvgIpc) is 2.94. The number of aromatic amines is 1. The van der Waals surface area contributed by atoms with Crippen LogP contribution >= 0.6 is 0 Å². The molecule has 17 heavy (non-hydrogen) atoms. The van der Waals surface area contributed by atoms with Crippen molar-refractivity contribution in [1.82, 2.24) is 4.98 Å². The molecular weight excluding hydrogens is 220 g/mol. The number of hydrogen-bond donors (Lipinski definition) is 1. The molecule has 1 amide bonds. The molecule has 0 saturated heterocycles. The Bertz CT molecular complexity index is 590. The van der Waals surface area contributed by atoms with Gasteiger partial charge in [-0.05, 0) is 18.2 Å². The van der Waals surface area contributed by atoms with Crippen LogP contribution in [0.15, 0.2) is 42.6 Å². The van der Waals surface area contributed by atoms with Crippen LogP contribution in [-0.4, -0.2) is 16.7 Å². The van der Waals surface area contributed by atoms with Crippen LogP contribution in [0.3, 0.4) is 0 Å². The molecule has 0 aliphatic carbocycles. The van der Waals surface area contributed by atoms with Crippen LogP contribution in [0.2, 0.25) is 0 Å². The predicted molar refractivity (Wildman–Crippen MR) is 59.7 cm³/mol. The maximum absolute atomic E-state index is 11.7. The number of anilines is 1. The fraction of sp³-hybridized carbons (Fsp3) is 0. The van der Waals surface area contributed by atoms with E-state index < -0.39 is 11.7 Å². The van der Waals surface area contributed by atoms with Gasteiger partial charge in [0.2, 0.25) is 5.88 Å². The fourth-order valence-electron chi connectivity index (χ4n) is 1.72.